The maximum Gasteiger partial charge on any atom is 0.292 e. The van der Waals surface area contributed by atoms with Crippen LogP contribution >= 0.6 is 0 Å². The molecule has 2 saturated heterocycles. The third kappa shape index (κ3) is 3.23. The highest BCUT2D eigenvalue weighted by atomic mass is 16.2. The molecule has 2 aromatic rings. The molecule has 0 aliphatic carbocycles. The van der Waals surface area contributed by atoms with Crippen molar-refractivity contribution in [3.63, 3.8) is 0 Å². The molecule has 0 spiro atoms. The second-order valence-electron chi connectivity index (χ2n) is 7.55. The Morgan fingerprint density at radius 3 is 2.15 bits per heavy atom. The number of quaternary nitrogens is 1. The summed E-state index contributed by atoms with van der Waals surface area (Å²) in [6.45, 7) is 7.48. The summed E-state index contributed by atoms with van der Waals surface area (Å²) in [5.74, 6) is -0.110. The summed E-state index contributed by atoms with van der Waals surface area (Å²) in [6.07, 6.45) is 0.313. The molecule has 2 aliphatic heterocycles. The van der Waals surface area contributed by atoms with Crippen molar-refractivity contribution in [3.8, 4) is 0 Å². The number of carbonyl (C=O) groups excluding carboxylic acids is 2. The summed E-state index contributed by atoms with van der Waals surface area (Å²) < 4.78 is 0. The summed E-state index contributed by atoms with van der Waals surface area (Å²) in [5.41, 5.74) is 3.95. The van der Waals surface area contributed by atoms with Crippen LogP contribution in [0.4, 0.5) is 11.4 Å². The van der Waals surface area contributed by atoms with Gasteiger partial charge in [-0.05, 0) is 37.1 Å². The van der Waals surface area contributed by atoms with Crippen molar-refractivity contribution in [1.29, 1.82) is 0 Å². The molecule has 1 N–H and O–H groups in total. The van der Waals surface area contributed by atoms with Crippen molar-refractivity contribution >= 4 is 23.2 Å². The zero-order chi connectivity index (χ0) is 19.0. The van der Waals surface area contributed by atoms with Crippen LogP contribution < -0.4 is 14.7 Å². The number of amides is 2. The molecule has 5 heteroatoms. The highest BCUT2D eigenvalue weighted by Gasteiger charge is 2.47. The van der Waals surface area contributed by atoms with Gasteiger partial charge in [-0.25, -0.2) is 4.90 Å². The van der Waals surface area contributed by atoms with Gasteiger partial charge in [0.05, 0.1) is 38.3 Å². The molecule has 1 atom stereocenters. The fourth-order valence-electron chi connectivity index (χ4n) is 4.38. The summed E-state index contributed by atoms with van der Waals surface area (Å²) in [5, 5.41) is 0. The topological polar surface area (TPSA) is 45.1 Å². The number of piperazine rings is 1. The molecule has 0 bridgehead atoms. The molecule has 2 heterocycles. The second kappa shape index (κ2) is 7.16. The van der Waals surface area contributed by atoms with Crippen LogP contribution in [0.5, 0.6) is 0 Å². The van der Waals surface area contributed by atoms with Gasteiger partial charge >= 0.3 is 0 Å². The van der Waals surface area contributed by atoms with Gasteiger partial charge < -0.3 is 9.80 Å². The van der Waals surface area contributed by atoms with Crippen molar-refractivity contribution in [2.24, 2.45) is 0 Å². The van der Waals surface area contributed by atoms with Gasteiger partial charge in [-0.2, -0.15) is 0 Å². The summed E-state index contributed by atoms with van der Waals surface area (Å²) in [4.78, 5) is 30.9. The first-order valence-electron chi connectivity index (χ1n) is 9.64. The standard InChI is InChI=1S/C22H25N3O2/c1-16-7-6-8-17(2)21(16)25-20(26)15-19(22(25)27)24-13-11-23(12-14-24)18-9-4-3-5-10-18/h3-10,19H,11-15H2,1-2H3/p+1/t19-/m0/s1. The predicted octanol–water partition coefficient (Wildman–Crippen LogP) is 1.34. The first kappa shape index (κ1) is 17.7. The molecule has 0 unspecified atom stereocenters. The smallest absolute Gasteiger partial charge is 0.292 e. The fourth-order valence-corrected chi connectivity index (χ4v) is 4.38. The van der Waals surface area contributed by atoms with Gasteiger partial charge in [-0.1, -0.05) is 36.4 Å². The Balaban J connectivity index is 1.49. The lowest BCUT2D eigenvalue weighted by atomic mass is 10.1. The predicted molar refractivity (Wildman–Crippen MR) is 106 cm³/mol. The average molecular weight is 364 g/mol. The average Bonchev–Trinajstić information content (AvgIpc) is 2.97. The van der Waals surface area contributed by atoms with E-state index in [9.17, 15) is 9.59 Å². The van der Waals surface area contributed by atoms with Crippen molar-refractivity contribution in [1.82, 2.24) is 0 Å². The van der Waals surface area contributed by atoms with Gasteiger partial charge in [0, 0.05) is 5.69 Å². The minimum atomic E-state index is -0.255. The lowest BCUT2D eigenvalue weighted by Crippen LogP contribution is -3.19. The molecule has 2 aromatic carbocycles. The molecule has 27 heavy (non-hydrogen) atoms. The zero-order valence-corrected chi connectivity index (χ0v) is 15.9. The number of carbonyl (C=O) groups is 2. The monoisotopic (exact) mass is 364 g/mol. The van der Waals surface area contributed by atoms with Crippen LogP contribution in [0.1, 0.15) is 17.5 Å². The number of anilines is 2. The Hall–Kier alpha value is -2.66. The number of imide groups is 1. The lowest BCUT2D eigenvalue weighted by molar-refractivity contribution is -0.915. The fraction of sp³-hybridized carbons (Fsp3) is 0.364. The number of aryl methyl sites for hydroxylation is 2. The molecule has 0 radical (unpaired) electrons. The van der Waals surface area contributed by atoms with Crippen LogP contribution in [0, 0.1) is 13.8 Å². The Morgan fingerprint density at radius 1 is 0.889 bits per heavy atom. The molecule has 0 aromatic heterocycles. The van der Waals surface area contributed by atoms with Crippen LogP contribution in [0.3, 0.4) is 0 Å². The molecular weight excluding hydrogens is 338 g/mol. The number of nitrogens with one attached hydrogen (secondary N) is 1. The zero-order valence-electron chi connectivity index (χ0n) is 15.9. The first-order valence-corrected chi connectivity index (χ1v) is 9.64. The molecule has 5 nitrogen and oxygen atoms in total. The van der Waals surface area contributed by atoms with E-state index in [1.807, 2.05) is 38.1 Å². The number of nitrogens with zero attached hydrogens (tertiary/aromatic N) is 2. The van der Waals surface area contributed by atoms with Crippen LogP contribution in [0.15, 0.2) is 48.5 Å². The van der Waals surface area contributed by atoms with Gasteiger partial charge in [-0.3, -0.25) is 9.59 Å². The lowest BCUT2D eigenvalue weighted by Gasteiger charge is -2.35. The summed E-state index contributed by atoms with van der Waals surface area (Å²) in [6, 6.07) is 16.0. The molecule has 4 rings (SSSR count). The van der Waals surface area contributed by atoms with Crippen molar-refractivity contribution < 1.29 is 14.5 Å². The SMILES string of the molecule is Cc1cccc(C)c1N1C(=O)C[C@H]([NH+]2CCN(c3ccccc3)CC2)C1=O. The van der Waals surface area contributed by atoms with Crippen LogP contribution in [0.25, 0.3) is 0 Å². The Bertz CT molecular complexity index is 837. The van der Waals surface area contributed by atoms with E-state index in [0.29, 0.717) is 6.42 Å². The molecule has 0 saturated carbocycles. The Labute approximate surface area is 160 Å². The number of benzene rings is 2. The van der Waals surface area contributed by atoms with Crippen molar-refractivity contribution in [2.75, 3.05) is 36.0 Å². The van der Waals surface area contributed by atoms with Gasteiger partial charge in [0.2, 0.25) is 5.91 Å². The number of rotatable bonds is 3. The quantitative estimate of drug-likeness (QED) is 0.836. The summed E-state index contributed by atoms with van der Waals surface area (Å²) in [7, 11) is 0. The van der Waals surface area contributed by atoms with E-state index in [0.717, 1.165) is 43.0 Å². The van der Waals surface area contributed by atoms with Crippen LogP contribution in [0.2, 0.25) is 0 Å². The normalized spacial score (nSPS) is 21.2. The third-order valence-electron chi connectivity index (χ3n) is 5.83. The maximum absolute atomic E-state index is 13.1. The second-order valence-corrected chi connectivity index (χ2v) is 7.55. The van der Waals surface area contributed by atoms with Crippen LogP contribution in [-0.4, -0.2) is 44.0 Å². The van der Waals surface area contributed by atoms with E-state index in [-0.39, 0.29) is 17.9 Å². The van der Waals surface area contributed by atoms with Gasteiger partial charge in [0.15, 0.2) is 6.04 Å². The van der Waals surface area contributed by atoms with Gasteiger partial charge in [-0.15, -0.1) is 0 Å². The highest BCUT2D eigenvalue weighted by molar-refractivity contribution is 6.22. The van der Waals surface area contributed by atoms with Crippen molar-refractivity contribution in [3.05, 3.63) is 59.7 Å². The maximum atomic E-state index is 13.1. The number of hydrogen-bond donors (Lipinski definition) is 1. The van der Waals surface area contributed by atoms with E-state index in [4.69, 9.17) is 0 Å². The number of para-hydroxylation sites is 2. The van der Waals surface area contributed by atoms with E-state index >= 15 is 0 Å². The first-order chi connectivity index (χ1) is 13.1. The van der Waals surface area contributed by atoms with E-state index < -0.39 is 0 Å². The van der Waals surface area contributed by atoms with E-state index in [2.05, 4.69) is 29.2 Å². The molecule has 2 amide bonds. The largest absolute Gasteiger partial charge is 0.360 e. The molecule has 2 fully saturated rings. The number of hydrogen-bond acceptors (Lipinski definition) is 3. The summed E-state index contributed by atoms with van der Waals surface area (Å²) >= 11 is 0. The minimum absolute atomic E-state index is 0.0411. The molecule has 140 valence electrons. The van der Waals surface area contributed by atoms with E-state index in [1.165, 1.54) is 15.5 Å². The molecule has 2 aliphatic rings. The van der Waals surface area contributed by atoms with Crippen molar-refractivity contribution in [2.45, 2.75) is 26.3 Å². The van der Waals surface area contributed by atoms with Crippen LogP contribution in [-0.2, 0) is 9.59 Å². The minimum Gasteiger partial charge on any atom is -0.360 e. The third-order valence-corrected chi connectivity index (χ3v) is 5.83. The molecular formula is C22H26N3O2+. The van der Waals surface area contributed by atoms with Gasteiger partial charge in [0.1, 0.15) is 0 Å². The highest BCUT2D eigenvalue weighted by Crippen LogP contribution is 2.29. The van der Waals surface area contributed by atoms with Gasteiger partial charge in [0.25, 0.3) is 5.91 Å². The Kier molecular flexibility index (Phi) is 4.70. The Morgan fingerprint density at radius 2 is 1.52 bits per heavy atom. The van der Waals surface area contributed by atoms with E-state index in [1.54, 1.807) is 0 Å².